The molecule has 0 saturated carbocycles. The Hall–Kier alpha value is -3.12. The molecule has 31 heavy (non-hydrogen) atoms. The van der Waals surface area contributed by atoms with Crippen LogP contribution in [0, 0.1) is 0 Å². The molecule has 1 atom stereocenters. The number of carbonyl (C=O) groups excluding carboxylic acids is 2. The van der Waals surface area contributed by atoms with Gasteiger partial charge in [-0.15, -0.1) is 11.3 Å². The number of para-hydroxylation sites is 1. The van der Waals surface area contributed by atoms with Crippen molar-refractivity contribution in [2.75, 3.05) is 13.7 Å². The van der Waals surface area contributed by atoms with E-state index < -0.39 is 0 Å². The van der Waals surface area contributed by atoms with E-state index in [4.69, 9.17) is 4.74 Å². The predicted octanol–water partition coefficient (Wildman–Crippen LogP) is 4.33. The third-order valence-corrected chi connectivity index (χ3v) is 6.63. The Morgan fingerprint density at radius 3 is 2.65 bits per heavy atom. The van der Waals surface area contributed by atoms with E-state index in [0.29, 0.717) is 13.1 Å². The smallest absolute Gasteiger partial charge is 0.223 e. The molecule has 2 heterocycles. The van der Waals surface area contributed by atoms with Crippen LogP contribution >= 0.6 is 11.3 Å². The van der Waals surface area contributed by atoms with Gasteiger partial charge >= 0.3 is 0 Å². The highest BCUT2D eigenvalue weighted by Gasteiger charge is 2.32. The van der Waals surface area contributed by atoms with Gasteiger partial charge in [0.2, 0.25) is 11.8 Å². The summed E-state index contributed by atoms with van der Waals surface area (Å²) >= 11 is 1.75. The molecule has 5 nitrogen and oxygen atoms in total. The second-order valence-electron chi connectivity index (χ2n) is 7.54. The molecule has 2 aromatic carbocycles. The molecule has 6 heteroatoms. The third kappa shape index (κ3) is 4.80. The van der Waals surface area contributed by atoms with Gasteiger partial charge in [0.05, 0.1) is 13.2 Å². The van der Waals surface area contributed by atoms with Crippen LogP contribution in [0.15, 0.2) is 66.0 Å². The number of hydrogen-bond acceptors (Lipinski definition) is 4. The maximum Gasteiger partial charge on any atom is 0.223 e. The Kier molecular flexibility index (Phi) is 6.67. The molecule has 0 saturated heterocycles. The number of amides is 2. The molecule has 3 aromatic rings. The lowest BCUT2D eigenvalue weighted by molar-refractivity contribution is -0.135. The van der Waals surface area contributed by atoms with E-state index in [1.807, 2.05) is 47.4 Å². The van der Waals surface area contributed by atoms with Crippen LogP contribution in [-0.2, 0) is 22.6 Å². The van der Waals surface area contributed by atoms with E-state index in [1.165, 1.54) is 10.4 Å². The molecule has 0 bridgehead atoms. The molecule has 2 amide bonds. The topological polar surface area (TPSA) is 58.6 Å². The van der Waals surface area contributed by atoms with Gasteiger partial charge in [0.25, 0.3) is 0 Å². The Labute approximate surface area is 186 Å². The van der Waals surface area contributed by atoms with Crippen molar-refractivity contribution in [3.05, 3.63) is 87.6 Å². The minimum Gasteiger partial charge on any atom is -0.496 e. The number of benzene rings is 2. The van der Waals surface area contributed by atoms with Gasteiger partial charge in [0, 0.05) is 36.4 Å². The molecule has 0 spiro atoms. The first-order valence-corrected chi connectivity index (χ1v) is 11.3. The van der Waals surface area contributed by atoms with E-state index >= 15 is 0 Å². The maximum atomic E-state index is 13.1. The number of carbonyl (C=O) groups is 2. The lowest BCUT2D eigenvalue weighted by Crippen LogP contribution is -2.40. The summed E-state index contributed by atoms with van der Waals surface area (Å²) in [5, 5.41) is 5.00. The Bertz CT molecular complexity index is 1050. The second kappa shape index (κ2) is 9.79. The lowest BCUT2D eigenvalue weighted by atomic mass is 9.93. The summed E-state index contributed by atoms with van der Waals surface area (Å²) in [7, 11) is 1.61. The van der Waals surface area contributed by atoms with Crippen molar-refractivity contribution in [1.82, 2.24) is 10.2 Å². The van der Waals surface area contributed by atoms with Gasteiger partial charge in [-0.3, -0.25) is 9.59 Å². The monoisotopic (exact) mass is 434 g/mol. The molecule has 4 rings (SSSR count). The summed E-state index contributed by atoms with van der Waals surface area (Å²) in [6.07, 6.45) is 1.23. The first-order chi connectivity index (χ1) is 15.2. The molecule has 0 aliphatic carbocycles. The van der Waals surface area contributed by atoms with E-state index in [0.717, 1.165) is 23.3 Å². The van der Waals surface area contributed by atoms with Crippen LogP contribution in [-0.4, -0.2) is 30.4 Å². The summed E-state index contributed by atoms with van der Waals surface area (Å²) < 4.78 is 5.32. The molecule has 0 fully saturated rings. The van der Waals surface area contributed by atoms with E-state index in [1.54, 1.807) is 18.4 Å². The first-order valence-electron chi connectivity index (χ1n) is 10.5. The van der Waals surface area contributed by atoms with E-state index in [9.17, 15) is 9.59 Å². The number of nitrogens with zero attached hydrogens (tertiary/aromatic N) is 1. The van der Waals surface area contributed by atoms with Crippen LogP contribution in [0.4, 0.5) is 0 Å². The van der Waals surface area contributed by atoms with Gasteiger partial charge in [-0.25, -0.2) is 0 Å². The highest BCUT2D eigenvalue weighted by Crippen LogP contribution is 2.38. The Morgan fingerprint density at radius 1 is 1.06 bits per heavy atom. The zero-order valence-corrected chi connectivity index (χ0v) is 18.4. The van der Waals surface area contributed by atoms with Gasteiger partial charge in [-0.1, -0.05) is 48.5 Å². The predicted molar refractivity (Wildman–Crippen MR) is 122 cm³/mol. The highest BCUT2D eigenvalue weighted by molar-refractivity contribution is 7.10. The Balaban J connectivity index is 1.39. The minimum atomic E-state index is -0.135. The van der Waals surface area contributed by atoms with Crippen LogP contribution in [0.2, 0.25) is 0 Å². The van der Waals surface area contributed by atoms with Crippen molar-refractivity contribution >= 4 is 23.2 Å². The fourth-order valence-electron chi connectivity index (χ4n) is 4.08. The summed E-state index contributed by atoms with van der Waals surface area (Å²) in [6, 6.07) is 19.8. The third-order valence-electron chi connectivity index (χ3n) is 5.64. The van der Waals surface area contributed by atoms with Crippen molar-refractivity contribution < 1.29 is 14.3 Å². The Morgan fingerprint density at radius 2 is 1.84 bits per heavy atom. The quantitative estimate of drug-likeness (QED) is 0.602. The molecule has 1 aliphatic heterocycles. The number of methoxy groups -OCH3 is 1. The largest absolute Gasteiger partial charge is 0.496 e. The number of rotatable bonds is 7. The summed E-state index contributed by atoms with van der Waals surface area (Å²) in [6.45, 7) is 1.06. The number of thiophene rings is 1. The van der Waals surface area contributed by atoms with Crippen LogP contribution < -0.4 is 10.1 Å². The minimum absolute atomic E-state index is 0.0122. The van der Waals surface area contributed by atoms with Crippen LogP contribution in [0.3, 0.4) is 0 Å². The molecular weight excluding hydrogens is 408 g/mol. The summed E-state index contributed by atoms with van der Waals surface area (Å²) in [4.78, 5) is 28.8. The van der Waals surface area contributed by atoms with Gasteiger partial charge in [0.1, 0.15) is 5.75 Å². The number of hydrogen-bond donors (Lipinski definition) is 1. The van der Waals surface area contributed by atoms with E-state index in [-0.39, 0.29) is 30.7 Å². The standard InChI is InChI=1S/C25H26N2O3S/c1-30-21-10-6-5-9-19(21)17-26-23(28)11-12-24(29)27-15-13-22-20(14-16-31-22)25(27)18-7-3-2-4-8-18/h2-10,14,16,25H,11-13,15,17H2,1H3,(H,26,28). The van der Waals surface area contributed by atoms with Gasteiger partial charge in [-0.05, 0) is 35.1 Å². The molecule has 1 aromatic heterocycles. The highest BCUT2D eigenvalue weighted by atomic mass is 32.1. The molecule has 1 N–H and O–H groups in total. The normalized spacial score (nSPS) is 15.3. The van der Waals surface area contributed by atoms with Gasteiger partial charge < -0.3 is 15.0 Å². The van der Waals surface area contributed by atoms with Crippen molar-refractivity contribution in [3.63, 3.8) is 0 Å². The lowest BCUT2D eigenvalue weighted by Gasteiger charge is -2.36. The molecule has 1 aliphatic rings. The van der Waals surface area contributed by atoms with Crippen LogP contribution in [0.25, 0.3) is 0 Å². The number of ether oxygens (including phenoxy) is 1. The average Bonchev–Trinajstić information content (AvgIpc) is 3.30. The average molecular weight is 435 g/mol. The van der Waals surface area contributed by atoms with E-state index in [2.05, 4.69) is 28.9 Å². The molecule has 1 unspecified atom stereocenters. The number of fused-ring (bicyclic) bond motifs is 1. The van der Waals surface area contributed by atoms with Gasteiger partial charge in [0.15, 0.2) is 0 Å². The molecular formula is C25H26N2O3S. The zero-order valence-electron chi connectivity index (χ0n) is 17.5. The van der Waals surface area contributed by atoms with Crippen molar-refractivity contribution in [1.29, 1.82) is 0 Å². The SMILES string of the molecule is COc1ccccc1CNC(=O)CCC(=O)N1CCc2sccc2C1c1ccccc1. The van der Waals surface area contributed by atoms with Crippen molar-refractivity contribution in [3.8, 4) is 5.75 Å². The molecule has 160 valence electrons. The van der Waals surface area contributed by atoms with Gasteiger partial charge in [-0.2, -0.15) is 0 Å². The fourth-order valence-corrected chi connectivity index (χ4v) is 4.98. The fraction of sp³-hybridized carbons (Fsp3) is 0.280. The van der Waals surface area contributed by atoms with Crippen molar-refractivity contribution in [2.45, 2.75) is 31.8 Å². The van der Waals surface area contributed by atoms with Crippen LogP contribution in [0.1, 0.15) is 40.5 Å². The second-order valence-corrected chi connectivity index (χ2v) is 8.54. The first kappa shape index (κ1) is 21.1. The zero-order chi connectivity index (χ0) is 21.6. The molecule has 0 radical (unpaired) electrons. The summed E-state index contributed by atoms with van der Waals surface area (Å²) in [5.74, 6) is 0.617. The maximum absolute atomic E-state index is 13.1. The summed E-state index contributed by atoms with van der Waals surface area (Å²) in [5.41, 5.74) is 3.22. The van der Waals surface area contributed by atoms with Crippen molar-refractivity contribution in [2.24, 2.45) is 0 Å². The number of nitrogens with one attached hydrogen (secondary N) is 1. The van der Waals surface area contributed by atoms with Crippen LogP contribution in [0.5, 0.6) is 5.75 Å².